The van der Waals surface area contributed by atoms with E-state index in [0.29, 0.717) is 6.54 Å². The highest BCUT2D eigenvalue weighted by Crippen LogP contribution is 2.24. The van der Waals surface area contributed by atoms with Crippen LogP contribution >= 0.6 is 11.3 Å². The van der Waals surface area contributed by atoms with E-state index in [1.54, 1.807) is 0 Å². The molecular formula is C11H14N2O2S2. The molecule has 1 N–H and O–H groups in total. The van der Waals surface area contributed by atoms with Gasteiger partial charge in [-0.15, -0.1) is 11.3 Å². The molecule has 17 heavy (non-hydrogen) atoms. The van der Waals surface area contributed by atoms with Crippen molar-refractivity contribution in [3.05, 3.63) is 24.3 Å². The Labute approximate surface area is 105 Å². The van der Waals surface area contributed by atoms with Crippen LogP contribution in [0.2, 0.25) is 0 Å². The van der Waals surface area contributed by atoms with E-state index in [2.05, 4.69) is 9.71 Å². The van der Waals surface area contributed by atoms with Gasteiger partial charge >= 0.3 is 0 Å². The molecule has 0 spiro atoms. The Kier molecular flexibility index (Phi) is 3.76. The average molecular weight is 270 g/mol. The fraction of sp³-hybridized carbons (Fsp3) is 0.364. The molecule has 0 aliphatic heterocycles. The molecule has 2 rings (SSSR count). The van der Waals surface area contributed by atoms with E-state index in [1.807, 2.05) is 31.2 Å². The van der Waals surface area contributed by atoms with Gasteiger partial charge in [-0.2, -0.15) is 0 Å². The number of benzene rings is 1. The summed E-state index contributed by atoms with van der Waals surface area (Å²) in [6.45, 7) is 2.49. The third kappa shape index (κ3) is 2.83. The molecule has 0 bridgehead atoms. The number of unbranched alkanes of at least 4 members (excludes halogenated alkanes) is 1. The predicted molar refractivity (Wildman–Crippen MR) is 69.7 cm³/mol. The maximum absolute atomic E-state index is 11.9. The minimum absolute atomic E-state index is 0.148. The SMILES string of the molecule is CCCCNS(=O)(=O)c1nc2ccccc2s1. The molecule has 2 aromatic rings. The number of nitrogens with zero attached hydrogens (tertiary/aromatic N) is 1. The highest BCUT2D eigenvalue weighted by molar-refractivity contribution is 7.91. The molecule has 0 saturated carbocycles. The maximum atomic E-state index is 11.9. The zero-order valence-corrected chi connectivity index (χ0v) is 11.1. The van der Waals surface area contributed by atoms with E-state index in [9.17, 15) is 8.42 Å². The second-order valence-electron chi connectivity index (χ2n) is 3.70. The summed E-state index contributed by atoms with van der Waals surface area (Å²) in [5.74, 6) is 0. The second kappa shape index (κ2) is 5.12. The Bertz CT molecular complexity index is 572. The molecule has 0 aliphatic rings. The number of rotatable bonds is 5. The van der Waals surface area contributed by atoms with Gasteiger partial charge in [-0.3, -0.25) is 0 Å². The van der Waals surface area contributed by atoms with Crippen LogP contribution in [0.25, 0.3) is 10.2 Å². The normalized spacial score (nSPS) is 12.1. The molecule has 0 aliphatic carbocycles. The molecule has 1 aromatic heterocycles. The molecule has 0 saturated heterocycles. The quantitative estimate of drug-likeness (QED) is 0.849. The van der Waals surface area contributed by atoms with Crippen molar-refractivity contribution in [3.8, 4) is 0 Å². The second-order valence-corrected chi connectivity index (χ2v) is 6.67. The van der Waals surface area contributed by atoms with Crippen LogP contribution in [-0.4, -0.2) is 19.9 Å². The molecule has 0 radical (unpaired) electrons. The predicted octanol–water partition coefficient (Wildman–Crippen LogP) is 2.37. The number of thiazole rings is 1. The first-order valence-electron chi connectivity index (χ1n) is 5.49. The lowest BCUT2D eigenvalue weighted by Gasteiger charge is -2.01. The van der Waals surface area contributed by atoms with Crippen molar-refractivity contribution in [1.82, 2.24) is 9.71 Å². The van der Waals surface area contributed by atoms with Gasteiger partial charge in [-0.25, -0.2) is 18.1 Å². The summed E-state index contributed by atoms with van der Waals surface area (Å²) < 4.78 is 27.4. The summed E-state index contributed by atoms with van der Waals surface area (Å²) in [6, 6.07) is 7.42. The molecule has 0 fully saturated rings. The van der Waals surface area contributed by atoms with Crippen LogP contribution in [0.5, 0.6) is 0 Å². The summed E-state index contributed by atoms with van der Waals surface area (Å²) in [5, 5.41) is 0. The van der Waals surface area contributed by atoms with Crippen LogP contribution in [0.1, 0.15) is 19.8 Å². The van der Waals surface area contributed by atoms with Gasteiger partial charge in [0, 0.05) is 6.54 Å². The molecule has 92 valence electrons. The topological polar surface area (TPSA) is 59.1 Å². The van der Waals surface area contributed by atoms with Crippen LogP contribution in [0.15, 0.2) is 28.6 Å². The Morgan fingerprint density at radius 2 is 2.12 bits per heavy atom. The first-order chi connectivity index (χ1) is 8.13. The van der Waals surface area contributed by atoms with Gasteiger partial charge in [0.05, 0.1) is 10.2 Å². The summed E-state index contributed by atoms with van der Waals surface area (Å²) in [4.78, 5) is 4.13. The Morgan fingerprint density at radius 3 is 2.82 bits per heavy atom. The molecule has 1 heterocycles. The lowest BCUT2D eigenvalue weighted by Crippen LogP contribution is -2.24. The zero-order valence-electron chi connectivity index (χ0n) is 9.51. The van der Waals surface area contributed by atoms with Gasteiger partial charge in [0.25, 0.3) is 10.0 Å². The number of hydrogen-bond donors (Lipinski definition) is 1. The molecule has 6 heteroatoms. The van der Waals surface area contributed by atoms with Crippen molar-refractivity contribution < 1.29 is 8.42 Å². The smallest absolute Gasteiger partial charge is 0.224 e. The fourth-order valence-corrected chi connectivity index (χ4v) is 3.75. The minimum atomic E-state index is -3.44. The molecule has 0 atom stereocenters. The lowest BCUT2D eigenvalue weighted by atomic mass is 10.3. The summed E-state index contributed by atoms with van der Waals surface area (Å²) >= 11 is 1.20. The van der Waals surface area contributed by atoms with E-state index in [4.69, 9.17) is 0 Å². The monoisotopic (exact) mass is 270 g/mol. The third-order valence-corrected chi connectivity index (χ3v) is 5.20. The number of aromatic nitrogens is 1. The Morgan fingerprint density at radius 1 is 1.35 bits per heavy atom. The van der Waals surface area contributed by atoms with Gasteiger partial charge in [0.1, 0.15) is 0 Å². The maximum Gasteiger partial charge on any atom is 0.267 e. The number of fused-ring (bicyclic) bond motifs is 1. The van der Waals surface area contributed by atoms with Crippen molar-refractivity contribution in [2.45, 2.75) is 24.1 Å². The molecule has 0 amide bonds. The van der Waals surface area contributed by atoms with Crippen LogP contribution < -0.4 is 4.72 Å². The van der Waals surface area contributed by atoms with E-state index >= 15 is 0 Å². The van der Waals surface area contributed by atoms with Crippen molar-refractivity contribution in [1.29, 1.82) is 0 Å². The van der Waals surface area contributed by atoms with Crippen LogP contribution in [-0.2, 0) is 10.0 Å². The summed E-state index contributed by atoms with van der Waals surface area (Å²) in [5.41, 5.74) is 0.730. The number of para-hydroxylation sites is 1. The number of nitrogens with one attached hydrogen (secondary N) is 1. The van der Waals surface area contributed by atoms with Crippen molar-refractivity contribution in [3.63, 3.8) is 0 Å². The van der Waals surface area contributed by atoms with Crippen LogP contribution in [0.3, 0.4) is 0 Å². The van der Waals surface area contributed by atoms with E-state index < -0.39 is 10.0 Å². The Balaban J connectivity index is 2.26. The van der Waals surface area contributed by atoms with Gasteiger partial charge < -0.3 is 0 Å². The van der Waals surface area contributed by atoms with Crippen molar-refractivity contribution >= 4 is 31.6 Å². The molecule has 4 nitrogen and oxygen atoms in total. The number of hydrogen-bond acceptors (Lipinski definition) is 4. The molecular weight excluding hydrogens is 256 g/mol. The molecule has 1 aromatic carbocycles. The van der Waals surface area contributed by atoms with Gasteiger partial charge in [0.2, 0.25) is 4.34 Å². The van der Waals surface area contributed by atoms with Gasteiger partial charge in [-0.1, -0.05) is 25.5 Å². The summed E-state index contributed by atoms with van der Waals surface area (Å²) in [6.07, 6.45) is 1.80. The van der Waals surface area contributed by atoms with Gasteiger partial charge in [-0.05, 0) is 18.6 Å². The van der Waals surface area contributed by atoms with Crippen molar-refractivity contribution in [2.24, 2.45) is 0 Å². The highest BCUT2D eigenvalue weighted by Gasteiger charge is 2.18. The molecule has 0 unspecified atom stereocenters. The fourth-order valence-electron chi connectivity index (χ4n) is 1.41. The van der Waals surface area contributed by atoms with Crippen molar-refractivity contribution in [2.75, 3.05) is 6.54 Å². The minimum Gasteiger partial charge on any atom is -0.224 e. The first-order valence-corrected chi connectivity index (χ1v) is 7.78. The van der Waals surface area contributed by atoms with Gasteiger partial charge in [0.15, 0.2) is 0 Å². The lowest BCUT2D eigenvalue weighted by molar-refractivity contribution is 0.578. The third-order valence-electron chi connectivity index (χ3n) is 2.33. The largest absolute Gasteiger partial charge is 0.267 e. The van der Waals surface area contributed by atoms with E-state index in [1.165, 1.54) is 11.3 Å². The average Bonchev–Trinajstić information content (AvgIpc) is 2.73. The first kappa shape index (κ1) is 12.5. The highest BCUT2D eigenvalue weighted by atomic mass is 32.2. The Hall–Kier alpha value is -0.980. The van der Waals surface area contributed by atoms with Crippen LogP contribution in [0.4, 0.5) is 0 Å². The van der Waals surface area contributed by atoms with E-state index in [0.717, 1.165) is 23.1 Å². The van der Waals surface area contributed by atoms with Crippen LogP contribution in [0, 0.1) is 0 Å². The van der Waals surface area contributed by atoms with E-state index in [-0.39, 0.29) is 4.34 Å². The number of sulfonamides is 1. The zero-order chi connectivity index (χ0) is 12.3. The standard InChI is InChI=1S/C11H14N2O2S2/c1-2-3-8-12-17(14,15)11-13-9-6-4-5-7-10(9)16-11/h4-7,12H,2-3,8H2,1H3. The summed E-state index contributed by atoms with van der Waals surface area (Å²) in [7, 11) is -3.44.